The van der Waals surface area contributed by atoms with Crippen LogP contribution < -0.4 is 9.47 Å². The van der Waals surface area contributed by atoms with E-state index in [0.29, 0.717) is 24.5 Å². The molecule has 2 saturated heterocycles. The summed E-state index contributed by atoms with van der Waals surface area (Å²) in [4.78, 5) is 27.4. The predicted molar refractivity (Wildman–Crippen MR) is 94.0 cm³/mol. The molecule has 28 heavy (non-hydrogen) atoms. The van der Waals surface area contributed by atoms with Crippen molar-refractivity contribution < 1.29 is 32.2 Å². The third-order valence-corrected chi connectivity index (χ3v) is 5.27. The Morgan fingerprint density at radius 1 is 1.25 bits per heavy atom. The molecule has 0 spiro atoms. The Morgan fingerprint density at radius 3 is 2.64 bits per heavy atom. The third-order valence-electron chi connectivity index (χ3n) is 5.27. The zero-order valence-corrected chi connectivity index (χ0v) is 15.8. The van der Waals surface area contributed by atoms with Gasteiger partial charge in [0.25, 0.3) is 0 Å². The average Bonchev–Trinajstić information content (AvgIpc) is 3.26. The van der Waals surface area contributed by atoms with Gasteiger partial charge in [-0.3, -0.25) is 9.59 Å². The molecule has 2 aliphatic rings. The summed E-state index contributed by atoms with van der Waals surface area (Å²) in [5.41, 5.74) is 0.796. The zero-order valence-electron chi connectivity index (χ0n) is 15.8. The van der Waals surface area contributed by atoms with Crippen LogP contribution in [0.4, 0.5) is 13.2 Å². The summed E-state index contributed by atoms with van der Waals surface area (Å²) in [6.45, 7) is -1.02. The Labute approximate surface area is 161 Å². The molecule has 2 fully saturated rings. The van der Waals surface area contributed by atoms with Gasteiger partial charge in [0.15, 0.2) is 0 Å². The molecule has 2 atom stereocenters. The molecular weight excluding hydrogens is 377 g/mol. The summed E-state index contributed by atoms with van der Waals surface area (Å²) in [5.74, 6) is -0.433. The number of likely N-dealkylation sites (tertiary alicyclic amines) is 2. The molecule has 2 amide bonds. The lowest BCUT2D eigenvalue weighted by Gasteiger charge is -2.29. The van der Waals surface area contributed by atoms with Crippen LogP contribution in [0.25, 0.3) is 0 Å². The van der Waals surface area contributed by atoms with Crippen molar-refractivity contribution >= 4 is 11.8 Å². The molecule has 0 bridgehead atoms. The Hall–Kier alpha value is -2.45. The minimum atomic E-state index is -4.47. The number of methoxy groups -OCH3 is 2. The van der Waals surface area contributed by atoms with E-state index in [-0.39, 0.29) is 24.9 Å². The Kier molecular flexibility index (Phi) is 5.71. The van der Waals surface area contributed by atoms with Crippen LogP contribution in [0.5, 0.6) is 11.5 Å². The van der Waals surface area contributed by atoms with Gasteiger partial charge in [0.1, 0.15) is 18.0 Å². The van der Waals surface area contributed by atoms with Crippen LogP contribution in [0.15, 0.2) is 18.2 Å². The molecule has 0 N–H and O–H groups in total. The molecule has 0 radical (unpaired) electrons. The first-order valence-corrected chi connectivity index (χ1v) is 9.10. The van der Waals surface area contributed by atoms with Crippen molar-refractivity contribution in [3.8, 4) is 11.5 Å². The zero-order chi connectivity index (χ0) is 20.5. The highest BCUT2D eigenvalue weighted by molar-refractivity contribution is 5.89. The smallest absolute Gasteiger partial charge is 0.406 e. The van der Waals surface area contributed by atoms with Gasteiger partial charge in [-0.05, 0) is 31.0 Å². The molecule has 154 valence electrons. The molecule has 9 heteroatoms. The second-order valence-corrected chi connectivity index (χ2v) is 7.09. The highest BCUT2D eigenvalue weighted by Crippen LogP contribution is 2.40. The van der Waals surface area contributed by atoms with Gasteiger partial charge in [-0.1, -0.05) is 0 Å². The van der Waals surface area contributed by atoms with Gasteiger partial charge in [0.2, 0.25) is 11.8 Å². The quantitative estimate of drug-likeness (QED) is 0.763. The van der Waals surface area contributed by atoms with Crippen molar-refractivity contribution in [3.63, 3.8) is 0 Å². The van der Waals surface area contributed by atoms with E-state index in [2.05, 4.69) is 0 Å². The largest absolute Gasteiger partial charge is 0.497 e. The van der Waals surface area contributed by atoms with Crippen molar-refractivity contribution in [1.29, 1.82) is 0 Å². The Balaban J connectivity index is 1.78. The number of rotatable bonds is 5. The second kappa shape index (κ2) is 7.89. The number of hydrogen-bond acceptors (Lipinski definition) is 4. The minimum absolute atomic E-state index is 0.187. The van der Waals surface area contributed by atoms with Crippen molar-refractivity contribution in [2.45, 2.75) is 31.5 Å². The van der Waals surface area contributed by atoms with Gasteiger partial charge in [-0.15, -0.1) is 0 Å². The number of amides is 2. The normalized spacial score (nSPS) is 22.7. The molecule has 6 nitrogen and oxygen atoms in total. The Bertz CT molecular complexity index is 753. The number of alkyl halides is 3. The van der Waals surface area contributed by atoms with Crippen LogP contribution in [0.1, 0.15) is 30.9 Å². The van der Waals surface area contributed by atoms with Crippen molar-refractivity contribution in [3.05, 3.63) is 23.8 Å². The van der Waals surface area contributed by atoms with Crippen molar-refractivity contribution in [2.24, 2.45) is 5.92 Å². The van der Waals surface area contributed by atoms with Gasteiger partial charge < -0.3 is 19.3 Å². The SMILES string of the molecule is COc1ccc(OC)c([C@@H]2CCCN2C(=O)[C@H]2CC(=O)N(CC(F)(F)F)C2)c1. The molecule has 0 aromatic heterocycles. The lowest BCUT2D eigenvalue weighted by atomic mass is 10.0. The summed E-state index contributed by atoms with van der Waals surface area (Å²) >= 11 is 0. The standard InChI is InChI=1S/C19H23F3N2O4/c1-27-13-5-6-16(28-2)14(9-13)15-4-3-7-24(15)18(26)12-8-17(25)23(10-12)11-19(20,21)22/h5-6,9,12,15H,3-4,7-8,10-11H2,1-2H3/t12-,15-/m0/s1. The highest BCUT2D eigenvalue weighted by Gasteiger charge is 2.43. The van der Waals surface area contributed by atoms with Crippen LogP contribution in [-0.4, -0.2) is 61.6 Å². The van der Waals surface area contributed by atoms with E-state index in [9.17, 15) is 22.8 Å². The maximum atomic E-state index is 13.0. The van der Waals surface area contributed by atoms with Gasteiger partial charge in [-0.25, -0.2) is 0 Å². The van der Waals surface area contributed by atoms with Gasteiger partial charge in [0.05, 0.1) is 26.2 Å². The maximum Gasteiger partial charge on any atom is 0.406 e. The molecule has 0 saturated carbocycles. The number of halogens is 3. The topological polar surface area (TPSA) is 59.1 Å². The van der Waals surface area contributed by atoms with Crippen molar-refractivity contribution in [1.82, 2.24) is 9.80 Å². The van der Waals surface area contributed by atoms with Gasteiger partial charge in [0, 0.05) is 25.1 Å². The number of carbonyl (C=O) groups is 2. The fourth-order valence-corrected chi connectivity index (χ4v) is 3.99. The molecule has 2 aliphatic heterocycles. The van der Waals surface area contributed by atoms with Crippen LogP contribution in [0.3, 0.4) is 0 Å². The van der Waals surface area contributed by atoms with Crippen LogP contribution in [-0.2, 0) is 9.59 Å². The molecular formula is C19H23F3N2O4. The summed E-state index contributed by atoms with van der Waals surface area (Å²) < 4.78 is 48.6. The predicted octanol–water partition coefficient (Wildman–Crippen LogP) is 2.78. The first kappa shape index (κ1) is 20.3. The molecule has 0 aliphatic carbocycles. The summed E-state index contributed by atoms with van der Waals surface area (Å²) in [6, 6.07) is 5.07. The molecule has 1 aromatic rings. The third kappa shape index (κ3) is 4.18. The average molecular weight is 400 g/mol. The number of ether oxygens (including phenoxy) is 2. The first-order valence-electron chi connectivity index (χ1n) is 9.10. The van der Waals surface area contributed by atoms with Crippen molar-refractivity contribution in [2.75, 3.05) is 33.9 Å². The van der Waals surface area contributed by atoms with E-state index in [1.165, 1.54) is 7.11 Å². The summed E-state index contributed by atoms with van der Waals surface area (Å²) in [6.07, 6.45) is -3.18. The van der Waals surface area contributed by atoms with Crippen LogP contribution >= 0.6 is 0 Å². The molecule has 1 aromatic carbocycles. The van der Waals surface area contributed by atoms with E-state index in [0.717, 1.165) is 16.9 Å². The van der Waals surface area contributed by atoms with Crippen LogP contribution in [0, 0.1) is 5.92 Å². The summed E-state index contributed by atoms with van der Waals surface area (Å²) in [7, 11) is 3.08. The van der Waals surface area contributed by atoms with E-state index in [1.54, 1.807) is 24.1 Å². The van der Waals surface area contributed by atoms with Gasteiger partial charge >= 0.3 is 6.18 Å². The van der Waals surface area contributed by atoms with E-state index >= 15 is 0 Å². The molecule has 3 rings (SSSR count). The Morgan fingerprint density at radius 2 is 2.00 bits per heavy atom. The number of carbonyl (C=O) groups excluding carboxylic acids is 2. The van der Waals surface area contributed by atoms with Crippen LogP contribution in [0.2, 0.25) is 0 Å². The first-order chi connectivity index (χ1) is 13.2. The van der Waals surface area contributed by atoms with E-state index in [4.69, 9.17) is 9.47 Å². The fourth-order valence-electron chi connectivity index (χ4n) is 3.99. The lowest BCUT2D eigenvalue weighted by Crippen LogP contribution is -2.39. The minimum Gasteiger partial charge on any atom is -0.497 e. The fraction of sp³-hybridized carbons (Fsp3) is 0.579. The lowest BCUT2D eigenvalue weighted by molar-refractivity contribution is -0.157. The number of nitrogens with zero attached hydrogens (tertiary/aromatic N) is 2. The monoisotopic (exact) mass is 400 g/mol. The summed E-state index contributed by atoms with van der Waals surface area (Å²) in [5, 5.41) is 0. The van der Waals surface area contributed by atoms with E-state index < -0.39 is 24.5 Å². The maximum absolute atomic E-state index is 13.0. The van der Waals surface area contributed by atoms with Gasteiger partial charge in [-0.2, -0.15) is 13.2 Å². The number of hydrogen-bond donors (Lipinski definition) is 0. The molecule has 2 heterocycles. The second-order valence-electron chi connectivity index (χ2n) is 7.09. The highest BCUT2D eigenvalue weighted by atomic mass is 19.4. The van der Waals surface area contributed by atoms with E-state index in [1.807, 2.05) is 6.07 Å². The number of benzene rings is 1. The molecule has 0 unspecified atom stereocenters.